The molecule has 18 heavy (non-hydrogen) atoms. The van der Waals surface area contributed by atoms with E-state index in [0.29, 0.717) is 11.7 Å². The molecule has 0 bridgehead atoms. The molecule has 1 fully saturated rings. The van der Waals surface area contributed by atoms with E-state index in [2.05, 4.69) is 32.3 Å². The van der Waals surface area contributed by atoms with Crippen LogP contribution in [0.2, 0.25) is 0 Å². The summed E-state index contributed by atoms with van der Waals surface area (Å²) in [6.07, 6.45) is 2.44. The maximum absolute atomic E-state index is 4.59. The molecule has 4 nitrogen and oxygen atoms in total. The number of aromatic nitrogens is 4. The topological polar surface area (TPSA) is 54.5 Å². The molecular weight excluding hydrogens is 224 g/mol. The second kappa shape index (κ2) is 3.63. The molecule has 4 rings (SSSR count). The van der Waals surface area contributed by atoms with Crippen LogP contribution < -0.4 is 0 Å². The lowest BCUT2D eigenvalue weighted by molar-refractivity contribution is 0.935. The average Bonchev–Trinajstić information content (AvgIpc) is 3.16. The minimum Gasteiger partial charge on any atom is -0.262 e. The number of aromatic amines is 1. The van der Waals surface area contributed by atoms with E-state index in [1.807, 2.05) is 24.3 Å². The maximum Gasteiger partial charge on any atom is 0.199 e. The summed E-state index contributed by atoms with van der Waals surface area (Å²) in [4.78, 5) is 9.11. The number of fused-ring (bicyclic) bond motifs is 1. The average molecular weight is 236 g/mol. The Kier molecular flexibility index (Phi) is 1.97. The summed E-state index contributed by atoms with van der Waals surface area (Å²) in [5.74, 6) is 2.29. The van der Waals surface area contributed by atoms with Crippen LogP contribution in [0, 0.1) is 0 Å². The van der Waals surface area contributed by atoms with Crippen LogP contribution in [0.1, 0.15) is 24.6 Å². The minimum absolute atomic E-state index is 0.590. The molecule has 1 aromatic carbocycles. The first-order chi connectivity index (χ1) is 8.90. The molecule has 1 aliphatic rings. The molecule has 2 aromatic heterocycles. The number of para-hydroxylation sites is 1. The maximum atomic E-state index is 4.59. The van der Waals surface area contributed by atoms with Crippen molar-refractivity contribution in [3.05, 3.63) is 42.2 Å². The highest BCUT2D eigenvalue weighted by atomic mass is 15.2. The Morgan fingerprint density at radius 2 is 1.89 bits per heavy atom. The van der Waals surface area contributed by atoms with Crippen LogP contribution in [0.5, 0.6) is 0 Å². The van der Waals surface area contributed by atoms with E-state index in [-0.39, 0.29) is 0 Å². The molecule has 0 atom stereocenters. The van der Waals surface area contributed by atoms with Gasteiger partial charge in [-0.05, 0) is 25.0 Å². The van der Waals surface area contributed by atoms with Gasteiger partial charge in [0.05, 0.1) is 5.52 Å². The van der Waals surface area contributed by atoms with Crippen molar-refractivity contribution in [1.29, 1.82) is 0 Å². The van der Waals surface area contributed by atoms with E-state index in [1.54, 1.807) is 0 Å². The van der Waals surface area contributed by atoms with Crippen molar-refractivity contribution < 1.29 is 0 Å². The summed E-state index contributed by atoms with van der Waals surface area (Å²) in [6.45, 7) is 0. The Morgan fingerprint density at radius 3 is 2.78 bits per heavy atom. The van der Waals surface area contributed by atoms with Crippen molar-refractivity contribution >= 4 is 10.9 Å². The summed E-state index contributed by atoms with van der Waals surface area (Å²) < 4.78 is 0. The Hall–Kier alpha value is -2.23. The number of rotatable bonds is 2. The van der Waals surface area contributed by atoms with Crippen LogP contribution in [-0.2, 0) is 0 Å². The summed E-state index contributed by atoms with van der Waals surface area (Å²) in [7, 11) is 0. The molecule has 3 aromatic rings. The smallest absolute Gasteiger partial charge is 0.199 e. The van der Waals surface area contributed by atoms with Gasteiger partial charge in [-0.2, -0.15) is 5.10 Å². The molecule has 0 saturated heterocycles. The van der Waals surface area contributed by atoms with E-state index in [9.17, 15) is 0 Å². The summed E-state index contributed by atoms with van der Waals surface area (Å²) in [5.41, 5.74) is 1.81. The number of benzene rings is 1. The second-order valence-electron chi connectivity index (χ2n) is 4.71. The van der Waals surface area contributed by atoms with E-state index in [4.69, 9.17) is 0 Å². The van der Waals surface area contributed by atoms with Gasteiger partial charge in [0.15, 0.2) is 5.82 Å². The summed E-state index contributed by atoms with van der Waals surface area (Å²) in [6, 6.07) is 12.1. The fourth-order valence-electron chi connectivity index (χ4n) is 2.12. The molecule has 0 radical (unpaired) electrons. The molecular formula is C14H12N4. The van der Waals surface area contributed by atoms with Crippen molar-refractivity contribution in [3.63, 3.8) is 0 Å². The molecule has 0 spiro atoms. The Balaban J connectivity index is 1.80. The van der Waals surface area contributed by atoms with E-state index < -0.39 is 0 Å². The van der Waals surface area contributed by atoms with Crippen LogP contribution in [0.3, 0.4) is 0 Å². The number of nitrogens with one attached hydrogen (secondary N) is 1. The van der Waals surface area contributed by atoms with Gasteiger partial charge in [0, 0.05) is 11.3 Å². The predicted molar refractivity (Wildman–Crippen MR) is 69.1 cm³/mol. The largest absolute Gasteiger partial charge is 0.262 e. The molecule has 1 aliphatic carbocycles. The van der Waals surface area contributed by atoms with Crippen molar-refractivity contribution in [1.82, 2.24) is 20.2 Å². The van der Waals surface area contributed by atoms with Gasteiger partial charge in [0.1, 0.15) is 11.5 Å². The first kappa shape index (κ1) is 9.76. The third kappa shape index (κ3) is 1.57. The highest BCUT2D eigenvalue weighted by Gasteiger charge is 2.27. The number of hydrogen-bond donors (Lipinski definition) is 1. The van der Waals surface area contributed by atoms with Crippen LogP contribution in [0.4, 0.5) is 0 Å². The Morgan fingerprint density at radius 1 is 1.00 bits per heavy atom. The van der Waals surface area contributed by atoms with E-state index in [0.717, 1.165) is 22.4 Å². The van der Waals surface area contributed by atoms with Crippen molar-refractivity contribution in [2.45, 2.75) is 18.8 Å². The number of H-pyrrole nitrogens is 1. The lowest BCUT2D eigenvalue weighted by Gasteiger charge is -1.98. The highest BCUT2D eigenvalue weighted by Crippen LogP contribution is 2.38. The molecule has 1 saturated carbocycles. The van der Waals surface area contributed by atoms with Gasteiger partial charge in [0.2, 0.25) is 0 Å². The van der Waals surface area contributed by atoms with E-state index >= 15 is 0 Å². The fraction of sp³-hybridized carbons (Fsp3) is 0.214. The second-order valence-corrected chi connectivity index (χ2v) is 4.71. The SMILES string of the molecule is c1ccc2nc(-c3n[nH]c(C4CC4)n3)ccc2c1. The van der Waals surface area contributed by atoms with Gasteiger partial charge in [-0.1, -0.05) is 24.3 Å². The first-order valence-corrected chi connectivity index (χ1v) is 6.18. The lowest BCUT2D eigenvalue weighted by Crippen LogP contribution is -1.87. The minimum atomic E-state index is 0.590. The van der Waals surface area contributed by atoms with Crippen LogP contribution in [0.25, 0.3) is 22.4 Å². The highest BCUT2D eigenvalue weighted by molar-refractivity contribution is 5.80. The Bertz CT molecular complexity index is 712. The lowest BCUT2D eigenvalue weighted by atomic mass is 10.2. The quantitative estimate of drug-likeness (QED) is 0.744. The normalized spacial score (nSPS) is 15.1. The number of pyridine rings is 1. The van der Waals surface area contributed by atoms with Crippen LogP contribution in [0.15, 0.2) is 36.4 Å². The van der Waals surface area contributed by atoms with Gasteiger partial charge in [-0.15, -0.1) is 0 Å². The summed E-state index contributed by atoms with van der Waals surface area (Å²) in [5, 5.41) is 8.41. The number of hydrogen-bond acceptors (Lipinski definition) is 3. The molecule has 88 valence electrons. The van der Waals surface area contributed by atoms with Gasteiger partial charge >= 0.3 is 0 Å². The van der Waals surface area contributed by atoms with Gasteiger partial charge in [-0.3, -0.25) is 5.10 Å². The van der Waals surface area contributed by atoms with Crippen molar-refractivity contribution in [2.75, 3.05) is 0 Å². The zero-order valence-corrected chi connectivity index (χ0v) is 9.80. The van der Waals surface area contributed by atoms with Crippen LogP contribution >= 0.6 is 0 Å². The fourth-order valence-corrected chi connectivity index (χ4v) is 2.12. The zero-order chi connectivity index (χ0) is 11.9. The molecule has 0 unspecified atom stereocenters. The zero-order valence-electron chi connectivity index (χ0n) is 9.80. The van der Waals surface area contributed by atoms with Crippen molar-refractivity contribution in [2.24, 2.45) is 0 Å². The standard InChI is InChI=1S/C14H12N4/c1-2-4-11-9(3-1)7-8-12(15-11)14-16-13(17-18-14)10-5-6-10/h1-4,7-8,10H,5-6H2,(H,16,17,18). The van der Waals surface area contributed by atoms with Gasteiger partial charge in [-0.25, -0.2) is 9.97 Å². The number of nitrogens with zero attached hydrogens (tertiary/aromatic N) is 3. The van der Waals surface area contributed by atoms with E-state index in [1.165, 1.54) is 12.8 Å². The molecule has 0 amide bonds. The molecule has 4 heteroatoms. The molecule has 2 heterocycles. The third-order valence-corrected chi connectivity index (χ3v) is 3.29. The first-order valence-electron chi connectivity index (χ1n) is 6.18. The monoisotopic (exact) mass is 236 g/mol. The molecule has 0 aliphatic heterocycles. The third-order valence-electron chi connectivity index (χ3n) is 3.29. The van der Waals surface area contributed by atoms with Crippen LogP contribution in [-0.4, -0.2) is 20.2 Å². The van der Waals surface area contributed by atoms with Gasteiger partial charge < -0.3 is 0 Å². The molecule has 1 N–H and O–H groups in total. The van der Waals surface area contributed by atoms with Crippen molar-refractivity contribution in [3.8, 4) is 11.5 Å². The van der Waals surface area contributed by atoms with Gasteiger partial charge in [0.25, 0.3) is 0 Å². The summed E-state index contributed by atoms with van der Waals surface area (Å²) >= 11 is 0. The predicted octanol–water partition coefficient (Wildman–Crippen LogP) is 2.90. The Labute approximate surface area is 104 Å².